The lowest BCUT2D eigenvalue weighted by Gasteiger charge is -2.04. The molecule has 23 heavy (non-hydrogen) atoms. The van der Waals surface area contributed by atoms with Gasteiger partial charge in [-0.3, -0.25) is 15.1 Å². The number of anilines is 1. The van der Waals surface area contributed by atoms with Gasteiger partial charge in [-0.25, -0.2) is 4.39 Å². The second kappa shape index (κ2) is 6.62. The zero-order valence-corrected chi connectivity index (χ0v) is 13.0. The summed E-state index contributed by atoms with van der Waals surface area (Å²) >= 11 is 1.28. The summed E-state index contributed by atoms with van der Waals surface area (Å²) in [6.45, 7) is 1.46. The van der Waals surface area contributed by atoms with Crippen molar-refractivity contribution in [3.8, 4) is 10.6 Å². The Bertz CT molecular complexity index is 802. The van der Waals surface area contributed by atoms with Crippen LogP contribution < -0.4 is 5.32 Å². The Kier molecular flexibility index (Phi) is 4.38. The van der Waals surface area contributed by atoms with Crippen molar-refractivity contribution in [2.75, 3.05) is 5.32 Å². The van der Waals surface area contributed by atoms with Crippen LogP contribution in [0.3, 0.4) is 0 Å². The van der Waals surface area contributed by atoms with Crippen molar-refractivity contribution in [2.45, 2.75) is 13.1 Å². The maximum atomic E-state index is 13.2. The summed E-state index contributed by atoms with van der Waals surface area (Å²) in [5, 5.41) is 11.8. The molecule has 7 heteroatoms. The Morgan fingerprint density at radius 1 is 1.13 bits per heavy atom. The van der Waals surface area contributed by atoms with Crippen molar-refractivity contribution in [3.63, 3.8) is 0 Å². The SMILES string of the molecule is CC(F)c1ccc(C(=O)Nc2nnc(-c3ccncc3)s2)cc1. The molecule has 0 bridgehead atoms. The summed E-state index contributed by atoms with van der Waals surface area (Å²) in [4.78, 5) is 16.1. The molecular formula is C16H13FN4OS. The third-order valence-electron chi connectivity index (χ3n) is 3.20. The summed E-state index contributed by atoms with van der Waals surface area (Å²) in [6, 6.07) is 10.0. The van der Waals surface area contributed by atoms with E-state index in [4.69, 9.17) is 0 Å². The van der Waals surface area contributed by atoms with Gasteiger partial charge in [-0.1, -0.05) is 23.5 Å². The smallest absolute Gasteiger partial charge is 0.257 e. The molecule has 1 unspecified atom stereocenters. The first kappa shape index (κ1) is 15.2. The summed E-state index contributed by atoms with van der Waals surface area (Å²) in [7, 11) is 0. The molecule has 0 saturated carbocycles. The minimum Gasteiger partial charge on any atom is -0.296 e. The summed E-state index contributed by atoms with van der Waals surface area (Å²) < 4.78 is 13.2. The number of benzene rings is 1. The lowest BCUT2D eigenvalue weighted by Crippen LogP contribution is -2.11. The van der Waals surface area contributed by atoms with E-state index >= 15 is 0 Å². The highest BCUT2D eigenvalue weighted by Gasteiger charge is 2.12. The second-order valence-corrected chi connectivity index (χ2v) is 5.82. The number of rotatable bonds is 4. The first-order valence-corrected chi connectivity index (χ1v) is 7.74. The first-order valence-electron chi connectivity index (χ1n) is 6.93. The summed E-state index contributed by atoms with van der Waals surface area (Å²) in [6.07, 6.45) is 2.28. The van der Waals surface area contributed by atoms with Gasteiger partial charge in [0.15, 0.2) is 0 Å². The third kappa shape index (κ3) is 3.57. The number of halogens is 1. The van der Waals surface area contributed by atoms with E-state index < -0.39 is 6.17 Å². The van der Waals surface area contributed by atoms with Crippen LogP contribution in [0.25, 0.3) is 10.6 Å². The highest BCUT2D eigenvalue weighted by Crippen LogP contribution is 2.26. The van der Waals surface area contributed by atoms with Crippen molar-refractivity contribution in [1.29, 1.82) is 0 Å². The van der Waals surface area contributed by atoms with E-state index in [1.807, 2.05) is 12.1 Å². The van der Waals surface area contributed by atoms with Gasteiger partial charge in [0.05, 0.1) is 0 Å². The number of hydrogen-bond acceptors (Lipinski definition) is 5. The van der Waals surface area contributed by atoms with Crippen LogP contribution in [0.4, 0.5) is 9.52 Å². The van der Waals surface area contributed by atoms with E-state index in [0.29, 0.717) is 21.3 Å². The Hall–Kier alpha value is -2.67. The normalized spacial score (nSPS) is 11.9. The fourth-order valence-electron chi connectivity index (χ4n) is 1.95. The van der Waals surface area contributed by atoms with Gasteiger partial charge in [0.2, 0.25) is 5.13 Å². The number of carbonyl (C=O) groups is 1. The molecule has 0 spiro atoms. The maximum Gasteiger partial charge on any atom is 0.257 e. The van der Waals surface area contributed by atoms with Gasteiger partial charge >= 0.3 is 0 Å². The van der Waals surface area contributed by atoms with E-state index in [1.54, 1.807) is 36.7 Å². The predicted octanol–water partition coefficient (Wildman–Crippen LogP) is 3.88. The van der Waals surface area contributed by atoms with Crippen LogP contribution in [-0.4, -0.2) is 21.1 Å². The van der Waals surface area contributed by atoms with E-state index in [0.717, 1.165) is 5.56 Å². The number of pyridine rings is 1. The number of nitrogens with zero attached hydrogens (tertiary/aromatic N) is 3. The number of amides is 1. The third-order valence-corrected chi connectivity index (χ3v) is 4.09. The fraction of sp³-hybridized carbons (Fsp3) is 0.125. The lowest BCUT2D eigenvalue weighted by molar-refractivity contribution is 0.102. The molecule has 0 radical (unpaired) electrons. The van der Waals surface area contributed by atoms with Crippen molar-refractivity contribution >= 4 is 22.4 Å². The highest BCUT2D eigenvalue weighted by molar-refractivity contribution is 7.18. The van der Waals surface area contributed by atoms with Gasteiger partial charge in [-0.05, 0) is 36.8 Å². The van der Waals surface area contributed by atoms with Crippen LogP contribution >= 0.6 is 11.3 Å². The average molecular weight is 328 g/mol. The van der Waals surface area contributed by atoms with Crippen molar-refractivity contribution < 1.29 is 9.18 Å². The van der Waals surface area contributed by atoms with E-state index in [9.17, 15) is 9.18 Å². The van der Waals surface area contributed by atoms with Crippen molar-refractivity contribution in [2.24, 2.45) is 0 Å². The largest absolute Gasteiger partial charge is 0.296 e. The molecule has 0 aliphatic rings. The van der Waals surface area contributed by atoms with Gasteiger partial charge in [0.1, 0.15) is 11.2 Å². The predicted molar refractivity (Wildman–Crippen MR) is 87.1 cm³/mol. The zero-order valence-electron chi connectivity index (χ0n) is 12.2. The van der Waals surface area contributed by atoms with Crippen LogP contribution in [0.1, 0.15) is 29.0 Å². The summed E-state index contributed by atoms with van der Waals surface area (Å²) in [5.41, 5.74) is 1.87. The molecule has 1 aromatic carbocycles. The molecule has 5 nitrogen and oxygen atoms in total. The number of carbonyl (C=O) groups excluding carboxylic acids is 1. The molecule has 3 aromatic rings. The molecular weight excluding hydrogens is 315 g/mol. The Labute approximate surface area is 136 Å². The number of aromatic nitrogens is 3. The molecule has 1 N–H and O–H groups in total. The standard InChI is InChI=1S/C16H13FN4OS/c1-10(17)11-2-4-12(5-3-11)14(22)19-16-21-20-15(23-16)13-6-8-18-9-7-13/h2-10H,1H3,(H,19,21,22). The minimum absolute atomic E-state index is 0.305. The molecule has 0 saturated heterocycles. The Morgan fingerprint density at radius 3 is 2.48 bits per heavy atom. The number of nitrogens with one attached hydrogen (secondary N) is 1. The monoisotopic (exact) mass is 328 g/mol. The molecule has 1 amide bonds. The van der Waals surface area contributed by atoms with Crippen LogP contribution in [-0.2, 0) is 0 Å². The Morgan fingerprint density at radius 2 is 1.83 bits per heavy atom. The van der Waals surface area contributed by atoms with Gasteiger partial charge in [0, 0.05) is 23.5 Å². The van der Waals surface area contributed by atoms with Crippen LogP contribution in [0, 0.1) is 0 Å². The highest BCUT2D eigenvalue weighted by atomic mass is 32.1. The van der Waals surface area contributed by atoms with Gasteiger partial charge in [0.25, 0.3) is 5.91 Å². The molecule has 0 fully saturated rings. The van der Waals surface area contributed by atoms with Gasteiger partial charge in [-0.2, -0.15) is 0 Å². The number of alkyl halides is 1. The van der Waals surface area contributed by atoms with Gasteiger partial charge in [-0.15, -0.1) is 10.2 Å². The molecule has 116 valence electrons. The van der Waals surface area contributed by atoms with Crippen LogP contribution in [0.15, 0.2) is 48.8 Å². The molecule has 3 rings (SSSR count). The van der Waals surface area contributed by atoms with E-state index in [1.165, 1.54) is 18.3 Å². The zero-order chi connectivity index (χ0) is 16.2. The van der Waals surface area contributed by atoms with E-state index in [2.05, 4.69) is 20.5 Å². The average Bonchev–Trinajstić information content (AvgIpc) is 3.04. The van der Waals surface area contributed by atoms with Crippen molar-refractivity contribution in [3.05, 3.63) is 59.9 Å². The molecule has 2 heterocycles. The molecule has 2 aromatic heterocycles. The first-order chi connectivity index (χ1) is 11.1. The quantitative estimate of drug-likeness (QED) is 0.789. The fourth-order valence-corrected chi connectivity index (χ4v) is 2.70. The minimum atomic E-state index is -1.06. The Balaban J connectivity index is 1.72. The molecule has 1 atom stereocenters. The summed E-state index contributed by atoms with van der Waals surface area (Å²) in [5.74, 6) is -0.305. The molecule has 0 aliphatic carbocycles. The van der Waals surface area contributed by atoms with Gasteiger partial charge < -0.3 is 0 Å². The van der Waals surface area contributed by atoms with Crippen molar-refractivity contribution in [1.82, 2.24) is 15.2 Å². The second-order valence-electron chi connectivity index (χ2n) is 4.84. The lowest BCUT2D eigenvalue weighted by atomic mass is 10.1. The molecule has 0 aliphatic heterocycles. The number of hydrogen-bond donors (Lipinski definition) is 1. The van der Waals surface area contributed by atoms with Crippen LogP contribution in [0.2, 0.25) is 0 Å². The van der Waals surface area contributed by atoms with E-state index in [-0.39, 0.29) is 5.91 Å². The topological polar surface area (TPSA) is 67.8 Å². The maximum absolute atomic E-state index is 13.2. The van der Waals surface area contributed by atoms with Crippen LogP contribution in [0.5, 0.6) is 0 Å².